The second-order valence-corrected chi connectivity index (χ2v) is 8.78. The van der Waals surface area contributed by atoms with Gasteiger partial charge in [-0.3, -0.25) is 14.5 Å². The van der Waals surface area contributed by atoms with Crippen LogP contribution in [-0.4, -0.2) is 64.3 Å². The number of para-hydroxylation sites is 2. The van der Waals surface area contributed by atoms with Crippen LogP contribution in [0.4, 0.5) is 16.2 Å². The summed E-state index contributed by atoms with van der Waals surface area (Å²) in [7, 11) is 0. The molecule has 1 saturated heterocycles. The summed E-state index contributed by atoms with van der Waals surface area (Å²) in [5.41, 5.74) is 2.67. The zero-order valence-corrected chi connectivity index (χ0v) is 19.8. The normalized spacial score (nSPS) is 16.6. The van der Waals surface area contributed by atoms with E-state index < -0.39 is 23.9 Å². The van der Waals surface area contributed by atoms with Gasteiger partial charge in [-0.1, -0.05) is 54.5 Å². The van der Waals surface area contributed by atoms with E-state index in [1.807, 2.05) is 18.2 Å². The van der Waals surface area contributed by atoms with Crippen LogP contribution in [0.1, 0.15) is 21.5 Å². The number of hydrogen-bond acceptors (Lipinski definition) is 4. The molecule has 184 valence electrons. The lowest BCUT2D eigenvalue weighted by atomic mass is 10.0. The molecule has 0 bridgehead atoms. The van der Waals surface area contributed by atoms with Crippen LogP contribution in [0.2, 0.25) is 0 Å². The van der Waals surface area contributed by atoms with Gasteiger partial charge in [-0.05, 0) is 35.9 Å². The van der Waals surface area contributed by atoms with E-state index in [-0.39, 0.29) is 31.8 Å². The minimum absolute atomic E-state index is 0.00331. The number of carboxylic acid groups (broad SMARTS) is 1. The second kappa shape index (κ2) is 9.99. The molecule has 0 unspecified atom stereocenters. The highest BCUT2D eigenvalue weighted by molar-refractivity contribution is 6.12. The molecular weight excluding hydrogens is 470 g/mol. The van der Waals surface area contributed by atoms with Crippen LogP contribution in [0.3, 0.4) is 0 Å². The third kappa shape index (κ3) is 4.67. The summed E-state index contributed by atoms with van der Waals surface area (Å²) in [6.07, 6.45) is 0.127. The maximum atomic E-state index is 14.0. The Morgan fingerprint density at radius 3 is 2.27 bits per heavy atom. The van der Waals surface area contributed by atoms with Crippen molar-refractivity contribution in [3.05, 3.63) is 95.6 Å². The summed E-state index contributed by atoms with van der Waals surface area (Å²) in [6.45, 7) is -0.0589. The van der Waals surface area contributed by atoms with E-state index in [4.69, 9.17) is 0 Å². The summed E-state index contributed by atoms with van der Waals surface area (Å²) < 4.78 is 0. The zero-order valence-electron chi connectivity index (χ0n) is 19.8. The van der Waals surface area contributed by atoms with Crippen molar-refractivity contribution in [1.82, 2.24) is 9.80 Å². The van der Waals surface area contributed by atoms with Crippen molar-refractivity contribution in [2.24, 2.45) is 0 Å². The molecule has 0 aliphatic carbocycles. The van der Waals surface area contributed by atoms with Crippen LogP contribution in [0.15, 0.2) is 78.9 Å². The fourth-order valence-electron chi connectivity index (χ4n) is 4.65. The third-order valence-corrected chi connectivity index (χ3v) is 6.51. The lowest BCUT2D eigenvalue weighted by Gasteiger charge is -2.41. The third-order valence-electron chi connectivity index (χ3n) is 6.51. The number of Topliss-reactive ketones (excluding diaryl/α,β-unsaturated/α-hetero) is 1. The van der Waals surface area contributed by atoms with Gasteiger partial charge in [0.05, 0.1) is 17.9 Å². The first-order valence-corrected chi connectivity index (χ1v) is 11.8. The number of anilines is 2. The van der Waals surface area contributed by atoms with Gasteiger partial charge in [0.25, 0.3) is 5.91 Å². The molecule has 2 heterocycles. The number of piperazine rings is 1. The van der Waals surface area contributed by atoms with Crippen LogP contribution >= 0.6 is 0 Å². The van der Waals surface area contributed by atoms with Crippen molar-refractivity contribution in [2.45, 2.75) is 12.5 Å². The number of aliphatic carboxylic acids is 1. The first kappa shape index (κ1) is 23.8. The Hall–Kier alpha value is -4.90. The van der Waals surface area contributed by atoms with E-state index in [0.29, 0.717) is 28.1 Å². The Bertz CT molecular complexity index is 1460. The number of rotatable bonds is 1. The molecule has 1 fully saturated rings. The lowest BCUT2D eigenvalue weighted by Crippen LogP contribution is -2.61. The number of carbonyl (C=O) groups excluding carboxylic acids is 3. The number of carbonyl (C=O) groups is 4. The molecule has 37 heavy (non-hydrogen) atoms. The molecular formula is C29H23N3O5. The zero-order chi connectivity index (χ0) is 25.9. The van der Waals surface area contributed by atoms with E-state index in [1.54, 1.807) is 60.7 Å². The maximum Gasteiger partial charge on any atom is 0.330 e. The average Bonchev–Trinajstić information content (AvgIpc) is 3.05. The number of hydrogen-bond donors (Lipinski definition) is 1. The SMILES string of the molecule is O=C1Cc2ccccc2N(C(=O)N2CCN(C(=O)C#Cc3ccccc3)C[C@H]2C(=O)O)c2ccccc21. The van der Waals surface area contributed by atoms with Gasteiger partial charge >= 0.3 is 12.0 Å². The molecule has 1 atom stereocenters. The first-order chi connectivity index (χ1) is 17.9. The summed E-state index contributed by atoms with van der Waals surface area (Å²) in [4.78, 5) is 56.0. The summed E-state index contributed by atoms with van der Waals surface area (Å²) in [5.74, 6) is 3.51. The molecule has 0 saturated carbocycles. The Morgan fingerprint density at radius 1 is 0.838 bits per heavy atom. The van der Waals surface area contributed by atoms with E-state index in [9.17, 15) is 24.3 Å². The van der Waals surface area contributed by atoms with Gasteiger partial charge in [0.2, 0.25) is 0 Å². The predicted molar refractivity (Wildman–Crippen MR) is 136 cm³/mol. The molecule has 8 heteroatoms. The smallest absolute Gasteiger partial charge is 0.330 e. The van der Waals surface area contributed by atoms with Crippen LogP contribution < -0.4 is 4.90 Å². The van der Waals surface area contributed by atoms with E-state index in [1.165, 1.54) is 14.7 Å². The molecule has 3 aromatic rings. The second-order valence-electron chi connectivity index (χ2n) is 8.78. The molecule has 0 radical (unpaired) electrons. The van der Waals surface area contributed by atoms with Crippen molar-refractivity contribution in [1.29, 1.82) is 0 Å². The van der Waals surface area contributed by atoms with Crippen molar-refractivity contribution < 1.29 is 24.3 Å². The number of amides is 3. The average molecular weight is 494 g/mol. The van der Waals surface area contributed by atoms with Crippen LogP contribution in [0.25, 0.3) is 0 Å². The van der Waals surface area contributed by atoms with Gasteiger partial charge in [-0.2, -0.15) is 0 Å². The highest BCUT2D eigenvalue weighted by atomic mass is 16.4. The molecule has 5 rings (SSSR count). The molecule has 2 aliphatic heterocycles. The van der Waals surface area contributed by atoms with Crippen LogP contribution in [0.5, 0.6) is 0 Å². The number of benzene rings is 3. The van der Waals surface area contributed by atoms with Gasteiger partial charge < -0.3 is 14.9 Å². The van der Waals surface area contributed by atoms with Gasteiger partial charge in [0, 0.05) is 36.6 Å². The number of nitrogens with zero attached hydrogens (tertiary/aromatic N) is 3. The van der Waals surface area contributed by atoms with Crippen molar-refractivity contribution >= 4 is 35.1 Å². The molecule has 8 nitrogen and oxygen atoms in total. The highest BCUT2D eigenvalue weighted by Gasteiger charge is 2.41. The van der Waals surface area contributed by atoms with Crippen molar-refractivity contribution in [3.8, 4) is 11.8 Å². The van der Waals surface area contributed by atoms with Gasteiger partial charge in [0.15, 0.2) is 5.78 Å². The lowest BCUT2D eigenvalue weighted by molar-refractivity contribution is -0.145. The number of fused-ring (bicyclic) bond motifs is 2. The van der Waals surface area contributed by atoms with Crippen molar-refractivity contribution in [2.75, 3.05) is 24.5 Å². The van der Waals surface area contributed by atoms with E-state index in [2.05, 4.69) is 11.8 Å². The molecule has 0 spiro atoms. The van der Waals surface area contributed by atoms with Gasteiger partial charge in [0.1, 0.15) is 6.04 Å². The van der Waals surface area contributed by atoms with Crippen LogP contribution in [-0.2, 0) is 16.0 Å². The Labute approximate surface area is 213 Å². The highest BCUT2D eigenvalue weighted by Crippen LogP contribution is 2.37. The molecule has 3 aromatic carbocycles. The maximum absolute atomic E-state index is 14.0. The summed E-state index contributed by atoms with van der Waals surface area (Å²) >= 11 is 0. The van der Waals surface area contributed by atoms with Crippen LogP contribution in [0, 0.1) is 11.8 Å². The van der Waals surface area contributed by atoms with Gasteiger partial charge in [-0.15, -0.1) is 0 Å². The molecule has 1 N–H and O–H groups in total. The first-order valence-electron chi connectivity index (χ1n) is 11.8. The Kier molecular flexibility index (Phi) is 6.43. The number of urea groups is 1. The molecule has 3 amide bonds. The van der Waals surface area contributed by atoms with E-state index >= 15 is 0 Å². The largest absolute Gasteiger partial charge is 0.480 e. The minimum Gasteiger partial charge on any atom is -0.480 e. The Balaban J connectivity index is 1.45. The quantitative estimate of drug-likeness (QED) is 0.525. The topological polar surface area (TPSA) is 98.2 Å². The summed E-state index contributed by atoms with van der Waals surface area (Å²) in [6, 6.07) is 21.1. The van der Waals surface area contributed by atoms with Gasteiger partial charge in [-0.25, -0.2) is 9.59 Å². The molecule has 0 aromatic heterocycles. The molecule has 2 aliphatic rings. The number of ketones is 1. The fraction of sp³-hybridized carbons (Fsp3) is 0.172. The Morgan fingerprint density at radius 2 is 1.51 bits per heavy atom. The monoisotopic (exact) mass is 493 g/mol. The standard InChI is InChI=1S/C29H23N3O5/c33-26-18-21-10-4-6-12-23(21)32(24-13-7-5-11-22(24)26)29(37)31-17-16-30(19-25(31)28(35)36)27(34)15-14-20-8-2-1-3-9-20/h1-13,25H,16-19H2,(H,35,36)/t25-/m0/s1. The van der Waals surface area contributed by atoms with E-state index in [0.717, 1.165) is 0 Å². The number of carboxylic acids is 1. The minimum atomic E-state index is -1.28. The van der Waals surface area contributed by atoms with Crippen molar-refractivity contribution in [3.63, 3.8) is 0 Å². The predicted octanol–water partition coefficient (Wildman–Crippen LogP) is 3.33. The fourth-order valence-corrected chi connectivity index (χ4v) is 4.65. The summed E-state index contributed by atoms with van der Waals surface area (Å²) in [5, 5.41) is 10.0.